The lowest BCUT2D eigenvalue weighted by atomic mass is 10.1. The third-order valence-corrected chi connectivity index (χ3v) is 6.74. The van der Waals surface area contributed by atoms with E-state index in [1.54, 1.807) is 65.6 Å². The average molecular weight is 550 g/mol. The quantitative estimate of drug-likeness (QED) is 0.381. The van der Waals surface area contributed by atoms with E-state index in [1.165, 1.54) is 12.1 Å². The maximum Gasteiger partial charge on any atom is 0.387 e. The summed E-state index contributed by atoms with van der Waals surface area (Å²) in [4.78, 5) is 39.4. The molecule has 1 N–H and O–H groups in total. The summed E-state index contributed by atoms with van der Waals surface area (Å²) in [6.07, 6.45) is 5.09. The fraction of sp³-hybridized carbons (Fsp3) is 0.286. The molecule has 12 heteroatoms. The summed E-state index contributed by atoms with van der Waals surface area (Å²) < 4.78 is 31.2. The lowest BCUT2D eigenvalue weighted by molar-refractivity contribution is -0.0498. The van der Waals surface area contributed by atoms with E-state index in [2.05, 4.69) is 20.0 Å². The lowest BCUT2D eigenvalue weighted by Crippen LogP contribution is -2.52. The second-order valence-corrected chi connectivity index (χ2v) is 9.63. The summed E-state index contributed by atoms with van der Waals surface area (Å²) in [5, 5.41) is 3.29. The highest BCUT2D eigenvalue weighted by atomic mass is 19.3. The number of hydrogen-bond acceptors (Lipinski definition) is 6. The second kappa shape index (κ2) is 11.2. The minimum atomic E-state index is -2.88. The van der Waals surface area contributed by atoms with E-state index in [1.807, 2.05) is 23.5 Å². The van der Waals surface area contributed by atoms with Crippen molar-refractivity contribution in [3.05, 3.63) is 72.2 Å². The van der Waals surface area contributed by atoms with Gasteiger partial charge in [-0.05, 0) is 55.0 Å². The minimum Gasteiger partial charge on any atom is -0.435 e. The molecule has 0 radical (unpaired) electrons. The average Bonchev–Trinajstić information content (AvgIpc) is 3.38. The van der Waals surface area contributed by atoms with Crippen LogP contribution in [0, 0.1) is 6.92 Å². The van der Waals surface area contributed by atoms with Gasteiger partial charge in [-0.1, -0.05) is 0 Å². The normalized spacial score (nSPS) is 13.6. The van der Waals surface area contributed by atoms with E-state index >= 15 is 0 Å². The minimum absolute atomic E-state index is 0.0516. The molecule has 3 amide bonds. The highest BCUT2D eigenvalue weighted by molar-refractivity contribution is 5.96. The Kier molecular flexibility index (Phi) is 7.50. The number of anilines is 2. The Bertz CT molecular complexity index is 1530. The first-order valence-electron chi connectivity index (χ1n) is 12.7. The molecule has 10 nitrogen and oxygen atoms in total. The van der Waals surface area contributed by atoms with Gasteiger partial charge in [0.25, 0.3) is 5.91 Å². The van der Waals surface area contributed by atoms with Crippen LogP contribution in [0.5, 0.6) is 5.75 Å². The Morgan fingerprint density at radius 3 is 2.35 bits per heavy atom. The van der Waals surface area contributed by atoms with Crippen LogP contribution < -0.4 is 10.1 Å². The summed E-state index contributed by atoms with van der Waals surface area (Å²) in [6, 6.07) is 11.8. The van der Waals surface area contributed by atoms with Gasteiger partial charge >= 0.3 is 12.6 Å². The third kappa shape index (κ3) is 5.51. The number of aryl methyl sites for hydroxylation is 1. The predicted octanol–water partition coefficient (Wildman–Crippen LogP) is 4.49. The maximum atomic E-state index is 13.2. The Labute approximate surface area is 229 Å². The zero-order chi connectivity index (χ0) is 28.4. The molecule has 3 heterocycles. The van der Waals surface area contributed by atoms with Crippen molar-refractivity contribution in [1.29, 1.82) is 0 Å². The van der Waals surface area contributed by atoms with E-state index in [0.29, 0.717) is 43.2 Å². The number of benzene rings is 2. The van der Waals surface area contributed by atoms with Crippen molar-refractivity contribution in [1.82, 2.24) is 29.1 Å². The molecule has 1 aliphatic rings. The third-order valence-electron chi connectivity index (χ3n) is 6.74. The molecule has 5 rings (SSSR count). The number of carbonyl (C=O) groups is 2. The number of piperazine rings is 1. The Balaban J connectivity index is 1.30. The molecule has 1 saturated heterocycles. The molecule has 0 aliphatic carbocycles. The zero-order valence-corrected chi connectivity index (χ0v) is 22.3. The van der Waals surface area contributed by atoms with E-state index in [-0.39, 0.29) is 17.7 Å². The monoisotopic (exact) mass is 549 g/mol. The SMILES string of the molecule is Cc1cc(Nc2nccn3c(-c4ccc(OC(F)F)cc4)cnc23)ccc1C(=O)N1CCN(C(=O)N(C)C)CC1. The number of fused-ring (bicyclic) bond motifs is 1. The number of carbonyl (C=O) groups excluding carboxylic acids is 2. The van der Waals surface area contributed by atoms with Crippen LogP contribution in [-0.2, 0) is 0 Å². The van der Waals surface area contributed by atoms with E-state index < -0.39 is 6.61 Å². The fourth-order valence-electron chi connectivity index (χ4n) is 4.70. The van der Waals surface area contributed by atoms with Crippen LogP contribution >= 0.6 is 0 Å². The summed E-state index contributed by atoms with van der Waals surface area (Å²) in [6.45, 7) is 0.955. The molecule has 0 atom stereocenters. The number of imidazole rings is 1. The molecule has 1 aliphatic heterocycles. The molecular weight excluding hydrogens is 520 g/mol. The molecule has 208 valence electrons. The number of nitrogens with one attached hydrogen (secondary N) is 1. The molecule has 0 unspecified atom stereocenters. The highest BCUT2D eigenvalue weighted by Crippen LogP contribution is 2.28. The smallest absolute Gasteiger partial charge is 0.387 e. The van der Waals surface area contributed by atoms with Crippen molar-refractivity contribution in [3.63, 3.8) is 0 Å². The van der Waals surface area contributed by atoms with Gasteiger partial charge in [0.15, 0.2) is 11.5 Å². The standard InChI is InChI=1S/C28H29F2N7O3/c1-18-16-20(6-9-22(18)26(38)35-12-14-36(15-13-35)28(39)34(2)3)33-24-25-32-17-23(37(25)11-10-31-24)19-4-7-21(8-5-19)40-27(29)30/h4-11,16-17,27H,12-15H2,1-3H3,(H,31,33). The van der Waals surface area contributed by atoms with Crippen LogP contribution in [-0.4, -0.2) is 87.9 Å². The van der Waals surface area contributed by atoms with E-state index in [0.717, 1.165) is 22.5 Å². The van der Waals surface area contributed by atoms with Gasteiger partial charge in [0, 0.05) is 69.5 Å². The van der Waals surface area contributed by atoms with Gasteiger partial charge in [0.2, 0.25) is 0 Å². The number of aromatic nitrogens is 3. The van der Waals surface area contributed by atoms with Gasteiger partial charge in [0.1, 0.15) is 5.75 Å². The summed E-state index contributed by atoms with van der Waals surface area (Å²) >= 11 is 0. The molecule has 4 aromatic rings. The first-order chi connectivity index (χ1) is 19.2. The molecule has 0 spiro atoms. The molecular formula is C28H29F2N7O3. The number of hydrogen-bond donors (Lipinski definition) is 1. The summed E-state index contributed by atoms with van der Waals surface area (Å²) in [5.41, 5.74) is 4.27. The van der Waals surface area contributed by atoms with Gasteiger partial charge < -0.3 is 24.8 Å². The van der Waals surface area contributed by atoms with E-state index in [4.69, 9.17) is 0 Å². The molecule has 2 aromatic carbocycles. The molecule has 0 bridgehead atoms. The van der Waals surface area contributed by atoms with Crippen LogP contribution in [0.3, 0.4) is 0 Å². The first-order valence-corrected chi connectivity index (χ1v) is 12.7. The number of alkyl halides is 2. The van der Waals surface area contributed by atoms with Gasteiger partial charge in [0.05, 0.1) is 11.9 Å². The van der Waals surface area contributed by atoms with Crippen LogP contribution in [0.1, 0.15) is 15.9 Å². The van der Waals surface area contributed by atoms with E-state index in [9.17, 15) is 18.4 Å². The number of nitrogens with zero attached hydrogens (tertiary/aromatic N) is 6. The second-order valence-electron chi connectivity index (χ2n) is 9.63. The Morgan fingerprint density at radius 1 is 1.00 bits per heavy atom. The van der Waals surface area contributed by atoms with Crippen LogP contribution in [0.25, 0.3) is 16.9 Å². The number of rotatable bonds is 6. The number of amides is 3. The Morgan fingerprint density at radius 2 is 1.70 bits per heavy atom. The largest absolute Gasteiger partial charge is 0.435 e. The summed E-state index contributed by atoms with van der Waals surface area (Å²) in [7, 11) is 3.44. The Hall–Kier alpha value is -4.74. The van der Waals surface area contributed by atoms with Crippen LogP contribution in [0.15, 0.2) is 61.1 Å². The topological polar surface area (TPSA) is 95.3 Å². The van der Waals surface area contributed by atoms with Crippen molar-refractivity contribution in [2.24, 2.45) is 0 Å². The lowest BCUT2D eigenvalue weighted by Gasteiger charge is -2.36. The molecule has 0 saturated carbocycles. The van der Waals surface area contributed by atoms with Gasteiger partial charge in [-0.15, -0.1) is 0 Å². The number of ether oxygens (including phenoxy) is 1. The van der Waals surface area contributed by atoms with Crippen LogP contribution in [0.2, 0.25) is 0 Å². The molecule has 1 fully saturated rings. The zero-order valence-electron chi connectivity index (χ0n) is 22.3. The maximum absolute atomic E-state index is 13.2. The van der Waals surface area contributed by atoms with Crippen molar-refractivity contribution in [3.8, 4) is 17.0 Å². The van der Waals surface area contributed by atoms with Gasteiger partial charge in [-0.3, -0.25) is 9.20 Å². The fourth-order valence-corrected chi connectivity index (χ4v) is 4.70. The van der Waals surface area contributed by atoms with Crippen molar-refractivity contribution >= 4 is 29.1 Å². The first kappa shape index (κ1) is 26.9. The van der Waals surface area contributed by atoms with Crippen LogP contribution in [0.4, 0.5) is 25.1 Å². The molecule has 40 heavy (non-hydrogen) atoms. The number of halogens is 2. The van der Waals surface area contributed by atoms with Crippen molar-refractivity contribution in [2.45, 2.75) is 13.5 Å². The molecule has 2 aromatic heterocycles. The predicted molar refractivity (Wildman–Crippen MR) is 146 cm³/mol. The van der Waals surface area contributed by atoms with Crippen molar-refractivity contribution < 1.29 is 23.1 Å². The van der Waals surface area contributed by atoms with Gasteiger partial charge in [-0.25, -0.2) is 14.8 Å². The van der Waals surface area contributed by atoms with Gasteiger partial charge in [-0.2, -0.15) is 8.78 Å². The highest BCUT2D eigenvalue weighted by Gasteiger charge is 2.26. The van der Waals surface area contributed by atoms with Crippen molar-refractivity contribution in [2.75, 3.05) is 45.6 Å². The number of urea groups is 1. The summed E-state index contributed by atoms with van der Waals surface area (Å²) in [5.74, 6) is 0.534.